The number of fused-ring (bicyclic) bond motifs is 1. The molecular formula is C19H22N6O. The summed E-state index contributed by atoms with van der Waals surface area (Å²) in [6.45, 7) is 5.33. The smallest absolute Gasteiger partial charge is 0.242 e. The number of rotatable bonds is 3. The van der Waals surface area contributed by atoms with Crippen molar-refractivity contribution in [3.05, 3.63) is 48.5 Å². The first kappa shape index (κ1) is 16.5. The van der Waals surface area contributed by atoms with Gasteiger partial charge < -0.3 is 14.4 Å². The van der Waals surface area contributed by atoms with Crippen LogP contribution in [-0.4, -0.2) is 56.5 Å². The molecule has 1 aliphatic heterocycles. The van der Waals surface area contributed by atoms with E-state index in [4.69, 9.17) is 0 Å². The van der Waals surface area contributed by atoms with Crippen molar-refractivity contribution in [2.75, 3.05) is 31.1 Å². The van der Waals surface area contributed by atoms with Crippen molar-refractivity contribution in [3.63, 3.8) is 0 Å². The van der Waals surface area contributed by atoms with E-state index in [9.17, 15) is 4.79 Å². The van der Waals surface area contributed by atoms with E-state index in [2.05, 4.69) is 19.9 Å². The van der Waals surface area contributed by atoms with Crippen molar-refractivity contribution in [1.29, 1.82) is 0 Å². The second kappa shape index (κ2) is 7.11. The van der Waals surface area contributed by atoms with Gasteiger partial charge in [0.15, 0.2) is 0 Å². The normalized spacial score (nSPS) is 15.3. The van der Waals surface area contributed by atoms with E-state index in [0.717, 1.165) is 48.9 Å². The highest BCUT2D eigenvalue weighted by molar-refractivity contribution is 5.81. The van der Waals surface area contributed by atoms with Crippen LogP contribution in [0.15, 0.2) is 42.7 Å². The summed E-state index contributed by atoms with van der Waals surface area (Å²) in [5, 5.41) is 0. The van der Waals surface area contributed by atoms with Crippen LogP contribution in [0.5, 0.6) is 0 Å². The van der Waals surface area contributed by atoms with Crippen molar-refractivity contribution in [3.8, 4) is 0 Å². The first-order valence-electron chi connectivity index (χ1n) is 8.94. The molecular weight excluding hydrogens is 328 g/mol. The van der Waals surface area contributed by atoms with Crippen molar-refractivity contribution in [1.82, 2.24) is 24.4 Å². The molecule has 0 bridgehead atoms. The minimum atomic E-state index is 0.132. The first-order chi connectivity index (χ1) is 12.7. The number of aromatic nitrogens is 4. The molecule has 1 fully saturated rings. The average Bonchev–Trinajstić information content (AvgIpc) is 2.85. The van der Waals surface area contributed by atoms with Gasteiger partial charge in [0.1, 0.15) is 12.4 Å². The minimum absolute atomic E-state index is 0.132. The maximum atomic E-state index is 12.9. The molecule has 1 aliphatic rings. The number of aryl methyl sites for hydroxylation is 1. The van der Waals surface area contributed by atoms with Gasteiger partial charge in [0.2, 0.25) is 11.9 Å². The molecule has 4 rings (SSSR count). The molecule has 2 aromatic heterocycles. The van der Waals surface area contributed by atoms with Crippen LogP contribution in [-0.2, 0) is 11.3 Å². The molecule has 1 amide bonds. The van der Waals surface area contributed by atoms with E-state index >= 15 is 0 Å². The summed E-state index contributed by atoms with van der Waals surface area (Å²) in [6.07, 6.45) is 4.42. The number of nitrogens with zero attached hydrogens (tertiary/aromatic N) is 6. The maximum Gasteiger partial charge on any atom is 0.242 e. The van der Waals surface area contributed by atoms with Crippen molar-refractivity contribution < 1.29 is 4.79 Å². The number of benzene rings is 1. The molecule has 7 heteroatoms. The van der Waals surface area contributed by atoms with Gasteiger partial charge in [-0.3, -0.25) is 4.79 Å². The van der Waals surface area contributed by atoms with Gasteiger partial charge in [-0.15, -0.1) is 0 Å². The molecule has 7 nitrogen and oxygen atoms in total. The zero-order valence-electron chi connectivity index (χ0n) is 14.9. The highest BCUT2D eigenvalue weighted by Gasteiger charge is 2.21. The number of para-hydroxylation sites is 2. The predicted octanol–water partition coefficient (Wildman–Crippen LogP) is 1.87. The Morgan fingerprint density at radius 3 is 2.69 bits per heavy atom. The van der Waals surface area contributed by atoms with Gasteiger partial charge in [-0.2, -0.15) is 0 Å². The fraction of sp³-hybridized carbons (Fsp3) is 0.368. The van der Waals surface area contributed by atoms with Crippen molar-refractivity contribution in [2.24, 2.45) is 0 Å². The van der Waals surface area contributed by atoms with Crippen molar-refractivity contribution >= 4 is 22.9 Å². The molecule has 1 saturated heterocycles. The Morgan fingerprint density at radius 1 is 1.04 bits per heavy atom. The molecule has 3 aromatic rings. The summed E-state index contributed by atoms with van der Waals surface area (Å²) in [5.41, 5.74) is 1.94. The summed E-state index contributed by atoms with van der Waals surface area (Å²) in [5.74, 6) is 1.74. The lowest BCUT2D eigenvalue weighted by atomic mass is 10.3. The number of carbonyl (C=O) groups excluding carboxylic acids is 1. The predicted molar refractivity (Wildman–Crippen MR) is 99.9 cm³/mol. The van der Waals surface area contributed by atoms with Gasteiger partial charge in [0, 0.05) is 38.6 Å². The second-order valence-electron chi connectivity index (χ2n) is 6.50. The molecule has 0 atom stereocenters. The Morgan fingerprint density at radius 2 is 1.85 bits per heavy atom. The van der Waals surface area contributed by atoms with Crippen LogP contribution in [0.25, 0.3) is 11.0 Å². The van der Waals surface area contributed by atoms with E-state index in [1.807, 2.05) is 46.7 Å². The van der Waals surface area contributed by atoms with Crippen molar-refractivity contribution in [2.45, 2.75) is 19.9 Å². The average molecular weight is 350 g/mol. The minimum Gasteiger partial charge on any atom is -0.339 e. The standard InChI is InChI=1S/C19H22N6O/c1-15-22-16-6-2-3-7-17(16)25(15)14-18(26)23-10-5-11-24(13-12-23)19-20-8-4-9-21-19/h2-4,6-9H,5,10-14H2,1H3. The van der Waals surface area contributed by atoms with Gasteiger partial charge in [-0.1, -0.05) is 12.1 Å². The van der Waals surface area contributed by atoms with E-state index < -0.39 is 0 Å². The van der Waals surface area contributed by atoms with E-state index in [-0.39, 0.29) is 5.91 Å². The van der Waals surface area contributed by atoms with Gasteiger partial charge in [0.25, 0.3) is 0 Å². The molecule has 0 aliphatic carbocycles. The number of imidazole rings is 1. The third kappa shape index (κ3) is 3.24. The molecule has 0 saturated carbocycles. The van der Waals surface area contributed by atoms with Gasteiger partial charge in [-0.25, -0.2) is 15.0 Å². The zero-order valence-corrected chi connectivity index (χ0v) is 14.9. The van der Waals surface area contributed by atoms with Crippen LogP contribution < -0.4 is 4.90 Å². The highest BCUT2D eigenvalue weighted by Crippen LogP contribution is 2.16. The van der Waals surface area contributed by atoms with Crippen LogP contribution in [0.2, 0.25) is 0 Å². The largest absolute Gasteiger partial charge is 0.339 e. The quantitative estimate of drug-likeness (QED) is 0.721. The first-order valence-corrected chi connectivity index (χ1v) is 8.94. The summed E-state index contributed by atoms with van der Waals surface area (Å²) >= 11 is 0. The lowest BCUT2D eigenvalue weighted by molar-refractivity contribution is -0.131. The molecule has 0 N–H and O–H groups in total. The molecule has 134 valence electrons. The Bertz CT molecular complexity index is 907. The van der Waals surface area contributed by atoms with Gasteiger partial charge in [-0.05, 0) is 31.5 Å². The van der Waals surface area contributed by atoms with Gasteiger partial charge >= 0.3 is 0 Å². The van der Waals surface area contributed by atoms with E-state index in [1.54, 1.807) is 12.4 Å². The SMILES string of the molecule is Cc1nc2ccccc2n1CC(=O)N1CCCN(c2ncccn2)CC1. The topological polar surface area (TPSA) is 67.2 Å². The number of anilines is 1. The number of carbonyl (C=O) groups is 1. The summed E-state index contributed by atoms with van der Waals surface area (Å²) in [6, 6.07) is 9.76. The summed E-state index contributed by atoms with van der Waals surface area (Å²) in [4.78, 5) is 30.2. The lowest BCUT2D eigenvalue weighted by Gasteiger charge is -2.22. The molecule has 1 aromatic carbocycles. The number of hydrogen-bond donors (Lipinski definition) is 0. The van der Waals surface area contributed by atoms with E-state index in [0.29, 0.717) is 13.1 Å². The second-order valence-corrected chi connectivity index (χ2v) is 6.50. The fourth-order valence-corrected chi connectivity index (χ4v) is 3.45. The highest BCUT2D eigenvalue weighted by atomic mass is 16.2. The van der Waals surface area contributed by atoms with Crippen LogP contribution >= 0.6 is 0 Å². The van der Waals surface area contributed by atoms with Crippen LogP contribution in [0.3, 0.4) is 0 Å². The molecule has 0 unspecified atom stereocenters. The zero-order chi connectivity index (χ0) is 17.9. The number of hydrogen-bond acceptors (Lipinski definition) is 5. The lowest BCUT2D eigenvalue weighted by Crippen LogP contribution is -2.37. The summed E-state index contributed by atoms with van der Waals surface area (Å²) < 4.78 is 2.00. The third-order valence-electron chi connectivity index (χ3n) is 4.82. The van der Waals surface area contributed by atoms with Gasteiger partial charge in [0.05, 0.1) is 11.0 Å². The van der Waals surface area contributed by atoms with Crippen LogP contribution in [0, 0.1) is 6.92 Å². The monoisotopic (exact) mass is 350 g/mol. The molecule has 0 radical (unpaired) electrons. The number of amides is 1. The maximum absolute atomic E-state index is 12.9. The fourth-order valence-electron chi connectivity index (χ4n) is 3.45. The Labute approximate surface area is 152 Å². The Hall–Kier alpha value is -2.96. The van der Waals surface area contributed by atoms with Crippen LogP contribution in [0.1, 0.15) is 12.2 Å². The van der Waals surface area contributed by atoms with E-state index in [1.165, 1.54) is 0 Å². The van der Waals surface area contributed by atoms with Crippen LogP contribution in [0.4, 0.5) is 5.95 Å². The third-order valence-corrected chi connectivity index (χ3v) is 4.82. The molecule has 3 heterocycles. The Kier molecular flexibility index (Phi) is 4.51. The summed E-state index contributed by atoms with van der Waals surface area (Å²) in [7, 11) is 0. The molecule has 26 heavy (non-hydrogen) atoms. The Balaban J connectivity index is 1.46. The molecule has 0 spiro atoms.